The van der Waals surface area contributed by atoms with Gasteiger partial charge in [0.15, 0.2) is 5.17 Å². The van der Waals surface area contributed by atoms with Crippen molar-refractivity contribution in [2.75, 3.05) is 26.2 Å². The summed E-state index contributed by atoms with van der Waals surface area (Å²) < 4.78 is 0. The van der Waals surface area contributed by atoms with E-state index in [1.807, 2.05) is 0 Å². The molecule has 1 fully saturated rings. The van der Waals surface area contributed by atoms with Crippen LogP contribution in [0.4, 0.5) is 11.4 Å². The number of nitrogens with zero attached hydrogens (tertiary/aromatic N) is 3. The number of carbonyl (C=O) groups is 1. The lowest BCUT2D eigenvalue weighted by Gasteiger charge is -2.32. The molecule has 2 aromatic carbocycles. The zero-order valence-corrected chi connectivity index (χ0v) is 16.2. The summed E-state index contributed by atoms with van der Waals surface area (Å²) in [5.74, 6) is -0.444. The van der Waals surface area contributed by atoms with E-state index < -0.39 is 4.92 Å². The summed E-state index contributed by atoms with van der Waals surface area (Å²) in [4.78, 5) is 30.6. The number of benzene rings is 2. The second-order valence-electron chi connectivity index (χ2n) is 6.74. The molecule has 4 rings (SSSR count). The zero-order valence-electron chi connectivity index (χ0n) is 15.4. The minimum Gasteiger partial charge on any atom is -0.872 e. The molecule has 9 heteroatoms. The van der Waals surface area contributed by atoms with Crippen molar-refractivity contribution in [2.24, 2.45) is 4.99 Å². The van der Waals surface area contributed by atoms with Crippen molar-refractivity contribution < 1.29 is 19.7 Å². The minimum absolute atomic E-state index is 0.0842. The average molecular weight is 410 g/mol. The Morgan fingerprint density at radius 1 is 1.10 bits per heavy atom. The van der Waals surface area contributed by atoms with Gasteiger partial charge < -0.3 is 10.0 Å². The highest BCUT2D eigenvalue weighted by Gasteiger charge is 2.30. The van der Waals surface area contributed by atoms with Crippen molar-refractivity contribution in [1.29, 1.82) is 0 Å². The van der Waals surface area contributed by atoms with E-state index >= 15 is 0 Å². The fourth-order valence-electron chi connectivity index (χ4n) is 3.35. The lowest BCUT2D eigenvalue weighted by Crippen LogP contribution is -3.10. The van der Waals surface area contributed by atoms with Crippen LogP contribution in [0.2, 0.25) is 0 Å². The van der Waals surface area contributed by atoms with E-state index in [9.17, 15) is 20.0 Å². The van der Waals surface area contributed by atoms with E-state index in [0.717, 1.165) is 31.9 Å². The molecule has 0 unspecified atom stereocenters. The Morgan fingerprint density at radius 3 is 2.45 bits per heavy atom. The van der Waals surface area contributed by atoms with Crippen molar-refractivity contribution in [3.63, 3.8) is 0 Å². The highest BCUT2D eigenvalue weighted by Crippen LogP contribution is 2.31. The molecule has 1 amide bonds. The van der Waals surface area contributed by atoms with Crippen LogP contribution in [0.3, 0.4) is 0 Å². The monoisotopic (exact) mass is 410 g/mol. The number of nitro benzene ring substituents is 1. The lowest BCUT2D eigenvalue weighted by molar-refractivity contribution is -0.837. The van der Waals surface area contributed by atoms with Gasteiger partial charge in [0.1, 0.15) is 5.69 Å². The van der Waals surface area contributed by atoms with Gasteiger partial charge in [-0.15, -0.1) is 5.75 Å². The van der Waals surface area contributed by atoms with Gasteiger partial charge in [0, 0.05) is 24.3 Å². The molecule has 0 aliphatic carbocycles. The van der Waals surface area contributed by atoms with E-state index in [1.165, 1.54) is 34.9 Å². The predicted molar refractivity (Wildman–Crippen MR) is 109 cm³/mol. The van der Waals surface area contributed by atoms with E-state index in [1.54, 1.807) is 36.4 Å². The molecule has 0 radical (unpaired) electrons. The van der Waals surface area contributed by atoms with E-state index in [-0.39, 0.29) is 17.3 Å². The summed E-state index contributed by atoms with van der Waals surface area (Å²) in [5.41, 5.74) is 1.58. The molecule has 8 nitrogen and oxygen atoms in total. The third-order valence-corrected chi connectivity index (χ3v) is 5.98. The molecule has 1 N–H and O–H groups in total. The molecule has 2 aliphatic rings. The molecule has 2 aromatic rings. The van der Waals surface area contributed by atoms with Crippen molar-refractivity contribution in [3.05, 3.63) is 69.1 Å². The number of rotatable bonds is 3. The first-order valence-corrected chi connectivity index (χ1v) is 9.96. The molecule has 0 atom stereocenters. The topological polar surface area (TPSA) is 103 Å². The Hall–Kier alpha value is -3.17. The van der Waals surface area contributed by atoms with E-state index in [4.69, 9.17) is 0 Å². The van der Waals surface area contributed by atoms with E-state index in [2.05, 4.69) is 9.89 Å². The summed E-state index contributed by atoms with van der Waals surface area (Å²) in [6.07, 6.45) is 1.60. The second-order valence-corrected chi connectivity index (χ2v) is 7.75. The van der Waals surface area contributed by atoms with Gasteiger partial charge in [0.25, 0.3) is 11.6 Å². The van der Waals surface area contributed by atoms with Crippen LogP contribution in [-0.4, -0.2) is 47.1 Å². The third-order valence-electron chi connectivity index (χ3n) is 4.94. The van der Waals surface area contributed by atoms with Crippen LogP contribution in [-0.2, 0) is 4.79 Å². The normalized spacial score (nSPS) is 18.9. The predicted octanol–water partition coefficient (Wildman–Crippen LogP) is 1.17. The highest BCUT2D eigenvalue weighted by molar-refractivity contribution is 8.18. The molecule has 0 aromatic heterocycles. The molecule has 148 valence electrons. The van der Waals surface area contributed by atoms with Gasteiger partial charge in [-0.05, 0) is 23.4 Å². The molecule has 29 heavy (non-hydrogen) atoms. The first kappa shape index (κ1) is 19.2. The Balaban J connectivity index is 1.39. The summed E-state index contributed by atoms with van der Waals surface area (Å²) in [7, 11) is 0. The number of carbonyl (C=O) groups excluding carboxylic acids is 1. The number of para-hydroxylation sites is 1. The number of aliphatic imine (C=N–C) groups is 1. The molecule has 0 bridgehead atoms. The number of nitro groups is 1. The zero-order chi connectivity index (χ0) is 20.4. The van der Waals surface area contributed by atoms with Crippen LogP contribution in [0.15, 0.2) is 58.4 Å². The van der Waals surface area contributed by atoms with Crippen LogP contribution in [0.5, 0.6) is 5.75 Å². The van der Waals surface area contributed by atoms with Gasteiger partial charge in [0.2, 0.25) is 0 Å². The molecule has 2 heterocycles. The number of amidine groups is 1. The maximum Gasteiger partial charge on any atom is 0.286 e. The lowest BCUT2D eigenvalue weighted by atomic mass is 10.2. The molecular formula is C20H18N4O4S. The summed E-state index contributed by atoms with van der Waals surface area (Å²) in [6, 6.07) is 13.2. The quantitative estimate of drug-likeness (QED) is 0.463. The first-order chi connectivity index (χ1) is 14.0. The summed E-state index contributed by atoms with van der Waals surface area (Å²) in [5, 5.41) is 23.3. The number of nitrogens with one attached hydrogen (secondary N) is 1. The molecule has 0 saturated carbocycles. The maximum absolute atomic E-state index is 12.3. The standard InChI is InChI=1S/C20H18N4O4S/c25-17-4-2-1-3-14(17)13-18-19(26)21-20(29-18)23-11-9-22(10-12-23)15-5-7-16(8-6-15)24(27)28/h1-8,13,25H,9-12H2/b18-13-. The first-order valence-electron chi connectivity index (χ1n) is 9.14. The SMILES string of the molecule is O=C1N=C(N2CC[NH+](c3ccc([N+](=O)[O-])cc3)CC2)S/C1=C\c1ccccc1[O-]. The van der Waals surface area contributed by atoms with Gasteiger partial charge in [-0.2, -0.15) is 4.99 Å². The van der Waals surface area contributed by atoms with Crippen LogP contribution >= 0.6 is 11.8 Å². The molecule has 1 saturated heterocycles. The minimum atomic E-state index is -0.403. The second kappa shape index (κ2) is 8.06. The molecule has 2 aliphatic heterocycles. The largest absolute Gasteiger partial charge is 0.872 e. The van der Waals surface area contributed by atoms with Crippen molar-refractivity contribution in [1.82, 2.24) is 4.90 Å². The van der Waals surface area contributed by atoms with Gasteiger partial charge >= 0.3 is 0 Å². The van der Waals surface area contributed by atoms with Crippen LogP contribution in [0, 0.1) is 10.1 Å². The fourth-order valence-corrected chi connectivity index (χ4v) is 4.31. The molecule has 0 spiro atoms. The number of piperazine rings is 1. The number of non-ortho nitro benzene ring substituents is 1. The van der Waals surface area contributed by atoms with Gasteiger partial charge in [-0.1, -0.05) is 24.3 Å². The maximum atomic E-state index is 12.3. The Bertz CT molecular complexity index is 1010. The van der Waals surface area contributed by atoms with Gasteiger partial charge in [-0.3, -0.25) is 19.8 Å². The number of hydrogen-bond acceptors (Lipinski definition) is 6. The number of hydrogen-bond donors (Lipinski definition) is 1. The van der Waals surface area contributed by atoms with Gasteiger partial charge in [-0.25, -0.2) is 0 Å². The Morgan fingerprint density at radius 2 is 1.79 bits per heavy atom. The Labute approximate surface area is 171 Å². The summed E-state index contributed by atoms with van der Waals surface area (Å²) >= 11 is 1.30. The van der Waals surface area contributed by atoms with Crippen LogP contribution in [0.25, 0.3) is 6.08 Å². The van der Waals surface area contributed by atoms with Crippen molar-refractivity contribution >= 4 is 40.3 Å². The van der Waals surface area contributed by atoms with E-state index in [0.29, 0.717) is 15.6 Å². The van der Waals surface area contributed by atoms with Crippen LogP contribution < -0.4 is 10.0 Å². The highest BCUT2D eigenvalue weighted by atomic mass is 32.2. The smallest absolute Gasteiger partial charge is 0.286 e. The van der Waals surface area contributed by atoms with Crippen molar-refractivity contribution in [2.45, 2.75) is 0 Å². The van der Waals surface area contributed by atoms with Crippen molar-refractivity contribution in [3.8, 4) is 5.75 Å². The third kappa shape index (κ3) is 4.15. The summed E-state index contributed by atoms with van der Waals surface area (Å²) in [6.45, 7) is 3.04. The fraction of sp³-hybridized carbons (Fsp3) is 0.200. The molecular weight excluding hydrogens is 392 g/mol. The number of thioether (sulfide) groups is 1. The van der Waals surface area contributed by atoms with Gasteiger partial charge in [0.05, 0.1) is 36.0 Å². The number of amides is 1. The number of quaternary nitrogens is 1. The average Bonchev–Trinajstić information content (AvgIpc) is 3.10. The Kier molecular flexibility index (Phi) is 5.32. The van der Waals surface area contributed by atoms with Crippen LogP contribution in [0.1, 0.15) is 5.56 Å².